The molecule has 0 aromatic carbocycles. The number of hydrogen-bond acceptors (Lipinski definition) is 4. The molecule has 0 N–H and O–H groups in total. The highest BCUT2D eigenvalue weighted by Gasteiger charge is 2.47. The molecule has 3 saturated heterocycles. The molecule has 1 unspecified atom stereocenters. The van der Waals surface area contributed by atoms with E-state index in [4.69, 9.17) is 4.74 Å². The molecule has 1 saturated carbocycles. The highest BCUT2D eigenvalue weighted by molar-refractivity contribution is 5.82. The number of likely N-dealkylation sites (N-methyl/N-ethyl adjacent to an activating group) is 1. The molecular weight excluding hydrogens is 326 g/mol. The average Bonchev–Trinajstić information content (AvgIpc) is 3.01. The summed E-state index contributed by atoms with van der Waals surface area (Å²) in [5, 5.41) is 0. The topological polar surface area (TPSA) is 36.0 Å². The predicted octanol–water partition coefficient (Wildman–Crippen LogP) is 2.21. The molecule has 0 radical (unpaired) electrons. The molecule has 0 aromatic heterocycles. The molecule has 4 rings (SSSR count). The lowest BCUT2D eigenvalue weighted by Gasteiger charge is -2.41. The van der Waals surface area contributed by atoms with E-state index in [9.17, 15) is 4.79 Å². The van der Waals surface area contributed by atoms with Crippen molar-refractivity contribution < 1.29 is 9.53 Å². The largest absolute Gasteiger partial charge is 0.378 e. The van der Waals surface area contributed by atoms with Crippen LogP contribution < -0.4 is 0 Å². The maximum Gasteiger partial charge on any atom is 0.240 e. The summed E-state index contributed by atoms with van der Waals surface area (Å²) >= 11 is 0. The molecule has 26 heavy (non-hydrogen) atoms. The summed E-state index contributed by atoms with van der Waals surface area (Å²) in [5.74, 6) is 1.29. The van der Waals surface area contributed by atoms with Crippen LogP contribution in [0.2, 0.25) is 0 Å². The number of morpholine rings is 1. The van der Waals surface area contributed by atoms with Gasteiger partial charge in [0.2, 0.25) is 5.91 Å². The predicted molar refractivity (Wildman–Crippen MR) is 103 cm³/mol. The zero-order valence-corrected chi connectivity index (χ0v) is 16.6. The number of carbonyl (C=O) groups is 1. The van der Waals surface area contributed by atoms with Crippen LogP contribution in [0.1, 0.15) is 51.4 Å². The Kier molecular flexibility index (Phi) is 5.87. The van der Waals surface area contributed by atoms with Crippen molar-refractivity contribution in [2.45, 2.75) is 57.4 Å². The molecule has 0 bridgehead atoms. The third-order valence-electron chi connectivity index (χ3n) is 7.51. The zero-order chi connectivity index (χ0) is 18.0. The summed E-state index contributed by atoms with van der Waals surface area (Å²) in [6.07, 6.45) is 10.8. The van der Waals surface area contributed by atoms with Gasteiger partial charge in [-0.1, -0.05) is 19.3 Å². The van der Waals surface area contributed by atoms with Gasteiger partial charge in [-0.15, -0.1) is 0 Å². The third-order valence-corrected chi connectivity index (χ3v) is 7.51. The van der Waals surface area contributed by atoms with Crippen LogP contribution in [-0.4, -0.2) is 86.2 Å². The van der Waals surface area contributed by atoms with E-state index in [1.165, 1.54) is 64.6 Å². The van der Waals surface area contributed by atoms with Gasteiger partial charge in [0.15, 0.2) is 0 Å². The van der Waals surface area contributed by atoms with Crippen molar-refractivity contribution in [1.29, 1.82) is 0 Å². The maximum absolute atomic E-state index is 13.0. The highest BCUT2D eigenvalue weighted by atomic mass is 16.5. The molecule has 3 aliphatic heterocycles. The minimum absolute atomic E-state index is 0.0954. The fraction of sp³-hybridized carbons (Fsp3) is 0.952. The van der Waals surface area contributed by atoms with Crippen LogP contribution in [0.4, 0.5) is 0 Å². The maximum atomic E-state index is 13.0. The second-order valence-corrected chi connectivity index (χ2v) is 9.38. The van der Waals surface area contributed by atoms with Crippen LogP contribution in [0.15, 0.2) is 0 Å². The van der Waals surface area contributed by atoms with Crippen molar-refractivity contribution in [3.05, 3.63) is 0 Å². The Morgan fingerprint density at radius 2 is 1.73 bits per heavy atom. The Morgan fingerprint density at radius 1 is 1.04 bits per heavy atom. The molecule has 148 valence electrons. The Bertz CT molecular complexity index is 478. The lowest BCUT2D eigenvalue weighted by atomic mass is 9.76. The fourth-order valence-corrected chi connectivity index (χ4v) is 5.85. The first-order chi connectivity index (χ1) is 12.7. The second-order valence-electron chi connectivity index (χ2n) is 9.38. The van der Waals surface area contributed by atoms with E-state index in [-0.39, 0.29) is 6.04 Å². The van der Waals surface area contributed by atoms with Gasteiger partial charge in [-0.25, -0.2) is 0 Å². The molecule has 0 aromatic rings. The Balaban J connectivity index is 1.29. The van der Waals surface area contributed by atoms with Crippen LogP contribution in [-0.2, 0) is 9.53 Å². The van der Waals surface area contributed by atoms with Gasteiger partial charge in [-0.05, 0) is 63.6 Å². The van der Waals surface area contributed by atoms with Gasteiger partial charge in [0.05, 0.1) is 19.3 Å². The Morgan fingerprint density at radius 3 is 2.42 bits per heavy atom. The van der Waals surface area contributed by atoms with E-state index in [1.807, 2.05) is 4.90 Å². The zero-order valence-electron chi connectivity index (χ0n) is 16.6. The Hall–Kier alpha value is -0.650. The lowest BCUT2D eigenvalue weighted by molar-refractivity contribution is -0.139. The number of ether oxygens (including phenoxy) is 1. The van der Waals surface area contributed by atoms with Crippen LogP contribution >= 0.6 is 0 Å². The third kappa shape index (κ3) is 4.10. The number of hydrogen-bond donors (Lipinski definition) is 0. The van der Waals surface area contributed by atoms with Gasteiger partial charge < -0.3 is 14.5 Å². The molecular formula is C21H37N3O2. The number of likely N-dealkylation sites (tertiary alicyclic amines) is 2. The number of nitrogens with zero attached hydrogens (tertiary/aromatic N) is 3. The lowest BCUT2D eigenvalue weighted by Crippen LogP contribution is -2.48. The normalized spacial score (nSPS) is 31.6. The van der Waals surface area contributed by atoms with E-state index in [2.05, 4.69) is 16.8 Å². The Labute approximate surface area is 159 Å². The van der Waals surface area contributed by atoms with Crippen molar-refractivity contribution in [3.63, 3.8) is 0 Å². The molecule has 1 aliphatic carbocycles. The smallest absolute Gasteiger partial charge is 0.240 e. The first-order valence-electron chi connectivity index (χ1n) is 10.9. The van der Waals surface area contributed by atoms with Crippen molar-refractivity contribution in [2.75, 3.05) is 59.5 Å². The molecule has 1 spiro atoms. The summed E-state index contributed by atoms with van der Waals surface area (Å²) in [6, 6.07) is 0.0954. The SMILES string of the molecule is CN1CC2(CCN(CC3CCCCC3)CC2)CC1C(=O)N1CCOCC1. The standard InChI is InChI=1S/C21H37N3O2/c1-22-17-21(15-19(22)20(25)24-11-13-26-14-12-24)7-9-23(10-8-21)16-18-5-3-2-4-6-18/h18-19H,2-17H2,1H3. The summed E-state index contributed by atoms with van der Waals surface area (Å²) in [6.45, 7) is 7.84. The second kappa shape index (κ2) is 8.15. The number of rotatable bonds is 3. The molecule has 5 heteroatoms. The number of piperidine rings is 1. The van der Waals surface area contributed by atoms with Gasteiger partial charge in [0.1, 0.15) is 0 Å². The van der Waals surface area contributed by atoms with Gasteiger partial charge in [0, 0.05) is 26.2 Å². The van der Waals surface area contributed by atoms with Gasteiger partial charge in [-0.3, -0.25) is 9.69 Å². The molecule has 1 amide bonds. The molecule has 5 nitrogen and oxygen atoms in total. The summed E-state index contributed by atoms with van der Waals surface area (Å²) in [7, 11) is 2.16. The van der Waals surface area contributed by atoms with Gasteiger partial charge in [-0.2, -0.15) is 0 Å². The molecule has 4 fully saturated rings. The molecule has 1 atom stereocenters. The van der Waals surface area contributed by atoms with E-state index in [1.54, 1.807) is 0 Å². The van der Waals surface area contributed by atoms with Crippen LogP contribution in [0.5, 0.6) is 0 Å². The summed E-state index contributed by atoms with van der Waals surface area (Å²) in [4.78, 5) is 20.1. The quantitative estimate of drug-likeness (QED) is 0.770. The van der Waals surface area contributed by atoms with Crippen molar-refractivity contribution in [1.82, 2.24) is 14.7 Å². The summed E-state index contributed by atoms with van der Waals surface area (Å²) < 4.78 is 5.41. The number of amides is 1. The van der Waals surface area contributed by atoms with Gasteiger partial charge in [0.25, 0.3) is 0 Å². The highest BCUT2D eigenvalue weighted by Crippen LogP contribution is 2.43. The molecule has 3 heterocycles. The fourth-order valence-electron chi connectivity index (χ4n) is 5.85. The first-order valence-corrected chi connectivity index (χ1v) is 10.9. The minimum atomic E-state index is 0.0954. The van der Waals surface area contributed by atoms with E-state index < -0.39 is 0 Å². The van der Waals surface area contributed by atoms with E-state index >= 15 is 0 Å². The van der Waals surface area contributed by atoms with Gasteiger partial charge >= 0.3 is 0 Å². The first kappa shape index (κ1) is 18.7. The van der Waals surface area contributed by atoms with Crippen LogP contribution in [0.25, 0.3) is 0 Å². The van der Waals surface area contributed by atoms with Crippen molar-refractivity contribution in [3.8, 4) is 0 Å². The van der Waals surface area contributed by atoms with E-state index in [0.29, 0.717) is 24.5 Å². The summed E-state index contributed by atoms with van der Waals surface area (Å²) in [5.41, 5.74) is 0.379. The monoisotopic (exact) mass is 363 g/mol. The van der Waals surface area contributed by atoms with E-state index in [0.717, 1.165) is 32.0 Å². The number of carbonyl (C=O) groups excluding carboxylic acids is 1. The molecule has 4 aliphatic rings. The van der Waals surface area contributed by atoms with Crippen LogP contribution in [0, 0.1) is 11.3 Å². The van der Waals surface area contributed by atoms with Crippen LogP contribution in [0.3, 0.4) is 0 Å². The minimum Gasteiger partial charge on any atom is -0.378 e. The van der Waals surface area contributed by atoms with Crippen molar-refractivity contribution >= 4 is 5.91 Å². The average molecular weight is 364 g/mol. The van der Waals surface area contributed by atoms with Crippen molar-refractivity contribution in [2.24, 2.45) is 11.3 Å².